The largest absolute Gasteiger partial charge is 0.313 e. The zero-order chi connectivity index (χ0) is 15.4. The minimum atomic E-state index is 0.210. The second-order valence-electron chi connectivity index (χ2n) is 5.14. The van der Waals surface area contributed by atoms with Crippen molar-refractivity contribution < 1.29 is 0 Å². The topological polar surface area (TPSA) is 42.7 Å². The van der Waals surface area contributed by atoms with Crippen LogP contribution in [0.3, 0.4) is 0 Å². The van der Waals surface area contributed by atoms with Crippen molar-refractivity contribution in [3.05, 3.63) is 46.0 Å². The van der Waals surface area contributed by atoms with Gasteiger partial charge in [0.2, 0.25) is 0 Å². The van der Waals surface area contributed by atoms with Gasteiger partial charge in [-0.05, 0) is 44.5 Å². The average Bonchev–Trinajstić information content (AvgIpc) is 2.79. The first-order chi connectivity index (χ1) is 10.1. The molecule has 5 heteroatoms. The van der Waals surface area contributed by atoms with Crippen molar-refractivity contribution in [1.29, 1.82) is 0 Å². The molecule has 0 radical (unpaired) electrons. The number of aryl methyl sites for hydroxylation is 3. The van der Waals surface area contributed by atoms with Gasteiger partial charge in [-0.1, -0.05) is 18.5 Å². The molecule has 21 heavy (non-hydrogen) atoms. The molecule has 0 bridgehead atoms. The van der Waals surface area contributed by atoms with E-state index in [0.717, 1.165) is 35.8 Å². The highest BCUT2D eigenvalue weighted by Gasteiger charge is 2.19. The summed E-state index contributed by atoms with van der Waals surface area (Å²) in [6, 6.07) is 2.30. The zero-order valence-electron chi connectivity index (χ0n) is 13.2. The van der Waals surface area contributed by atoms with E-state index in [9.17, 15) is 0 Å². The van der Waals surface area contributed by atoms with E-state index in [2.05, 4.69) is 35.3 Å². The smallest absolute Gasteiger partial charge is 0.0847 e. The first-order valence-corrected chi connectivity index (χ1v) is 7.81. The molecule has 0 saturated heterocycles. The molecule has 0 aromatic carbocycles. The molecule has 4 nitrogen and oxygen atoms in total. The Morgan fingerprint density at radius 2 is 2.14 bits per heavy atom. The number of hydrogen-bond acceptors (Lipinski definition) is 3. The lowest BCUT2D eigenvalue weighted by atomic mass is 9.97. The van der Waals surface area contributed by atoms with E-state index in [1.165, 1.54) is 11.1 Å². The van der Waals surface area contributed by atoms with Gasteiger partial charge in [0.15, 0.2) is 0 Å². The number of pyridine rings is 1. The maximum Gasteiger partial charge on any atom is 0.0847 e. The minimum absolute atomic E-state index is 0.210. The number of nitrogens with zero attached hydrogens (tertiary/aromatic N) is 3. The second kappa shape index (κ2) is 7.05. The Labute approximate surface area is 131 Å². The normalized spacial score (nSPS) is 12.6. The zero-order valence-corrected chi connectivity index (χ0v) is 13.9. The molecule has 1 N–H and O–H groups in total. The maximum atomic E-state index is 6.43. The van der Waals surface area contributed by atoms with Crippen LogP contribution in [-0.2, 0) is 19.4 Å². The molecule has 0 spiro atoms. The van der Waals surface area contributed by atoms with Crippen LogP contribution in [0.2, 0.25) is 5.02 Å². The van der Waals surface area contributed by atoms with Gasteiger partial charge in [-0.3, -0.25) is 9.67 Å². The summed E-state index contributed by atoms with van der Waals surface area (Å²) in [7, 11) is 1.98. The van der Waals surface area contributed by atoms with E-state index in [1.54, 1.807) is 0 Å². The van der Waals surface area contributed by atoms with Gasteiger partial charge < -0.3 is 5.32 Å². The van der Waals surface area contributed by atoms with Gasteiger partial charge in [0.25, 0.3) is 0 Å². The van der Waals surface area contributed by atoms with Gasteiger partial charge in [0.1, 0.15) is 0 Å². The van der Waals surface area contributed by atoms with Crippen LogP contribution in [0.1, 0.15) is 42.4 Å². The summed E-state index contributed by atoms with van der Waals surface area (Å²) in [5, 5.41) is 8.68. The molecule has 0 aliphatic heterocycles. The molecule has 2 aromatic rings. The number of rotatable bonds is 6. The summed E-state index contributed by atoms with van der Waals surface area (Å²) < 4.78 is 1.99. The SMILES string of the molecule is CCc1cnccc1C(Cc1c(Cl)c(C)nn1CC)NC. The molecule has 0 aliphatic carbocycles. The molecule has 0 aliphatic rings. The first kappa shape index (κ1) is 16.0. The lowest BCUT2D eigenvalue weighted by Crippen LogP contribution is -2.22. The Bertz CT molecular complexity index is 606. The Morgan fingerprint density at radius 1 is 1.38 bits per heavy atom. The molecule has 1 atom stereocenters. The summed E-state index contributed by atoms with van der Waals surface area (Å²) in [5.41, 5.74) is 4.54. The minimum Gasteiger partial charge on any atom is -0.313 e. The summed E-state index contributed by atoms with van der Waals surface area (Å²) in [5.74, 6) is 0. The maximum absolute atomic E-state index is 6.43. The van der Waals surface area contributed by atoms with E-state index in [1.807, 2.05) is 31.0 Å². The number of nitrogens with one attached hydrogen (secondary N) is 1. The number of halogens is 1. The van der Waals surface area contributed by atoms with E-state index in [-0.39, 0.29) is 6.04 Å². The molecule has 2 aromatic heterocycles. The molecule has 0 amide bonds. The van der Waals surface area contributed by atoms with Gasteiger partial charge in [-0.15, -0.1) is 0 Å². The van der Waals surface area contributed by atoms with Gasteiger partial charge in [-0.2, -0.15) is 5.10 Å². The number of likely N-dealkylation sites (N-methyl/N-ethyl adjacent to an activating group) is 1. The molecule has 2 heterocycles. The van der Waals surface area contributed by atoms with Gasteiger partial charge in [0, 0.05) is 31.4 Å². The predicted octanol–water partition coefficient (Wildman–Crippen LogP) is 3.33. The number of hydrogen-bond donors (Lipinski definition) is 1. The highest BCUT2D eigenvalue weighted by Crippen LogP contribution is 2.27. The van der Waals surface area contributed by atoms with Crippen LogP contribution in [0, 0.1) is 6.92 Å². The van der Waals surface area contributed by atoms with Crippen LogP contribution < -0.4 is 5.32 Å². The van der Waals surface area contributed by atoms with Crippen molar-refractivity contribution in [2.24, 2.45) is 0 Å². The quantitative estimate of drug-likeness (QED) is 0.890. The van der Waals surface area contributed by atoms with E-state index >= 15 is 0 Å². The second-order valence-corrected chi connectivity index (χ2v) is 5.51. The van der Waals surface area contributed by atoms with Crippen molar-refractivity contribution in [3.8, 4) is 0 Å². The Hall–Kier alpha value is -1.39. The molecule has 114 valence electrons. The third-order valence-corrected chi connectivity index (χ3v) is 4.39. The summed E-state index contributed by atoms with van der Waals surface area (Å²) in [6.45, 7) is 7.03. The van der Waals surface area contributed by atoms with Crippen molar-refractivity contribution in [2.45, 2.75) is 46.2 Å². The van der Waals surface area contributed by atoms with Crippen molar-refractivity contribution in [3.63, 3.8) is 0 Å². The molecular weight excluding hydrogens is 284 g/mol. The first-order valence-electron chi connectivity index (χ1n) is 7.44. The third kappa shape index (κ3) is 3.27. The average molecular weight is 307 g/mol. The Balaban J connectivity index is 2.36. The van der Waals surface area contributed by atoms with Crippen LogP contribution >= 0.6 is 11.6 Å². The fraction of sp³-hybridized carbons (Fsp3) is 0.500. The Morgan fingerprint density at radius 3 is 2.76 bits per heavy atom. The predicted molar refractivity (Wildman–Crippen MR) is 86.8 cm³/mol. The van der Waals surface area contributed by atoms with Gasteiger partial charge in [0.05, 0.1) is 16.4 Å². The van der Waals surface area contributed by atoms with Crippen LogP contribution in [-0.4, -0.2) is 21.8 Å². The van der Waals surface area contributed by atoms with Crippen molar-refractivity contribution in [1.82, 2.24) is 20.1 Å². The summed E-state index contributed by atoms with van der Waals surface area (Å²) >= 11 is 6.43. The molecular formula is C16H23ClN4. The molecule has 1 unspecified atom stereocenters. The fourth-order valence-electron chi connectivity index (χ4n) is 2.70. The summed E-state index contributed by atoms with van der Waals surface area (Å²) in [6.07, 6.45) is 5.59. The van der Waals surface area contributed by atoms with Crippen LogP contribution in [0.25, 0.3) is 0 Å². The van der Waals surface area contributed by atoms with E-state index in [4.69, 9.17) is 11.6 Å². The highest BCUT2D eigenvalue weighted by atomic mass is 35.5. The lowest BCUT2D eigenvalue weighted by molar-refractivity contribution is 0.538. The molecule has 2 rings (SSSR count). The standard InChI is InChI=1S/C16H23ClN4/c1-5-12-10-19-8-7-13(12)14(18-4)9-15-16(17)11(3)20-21(15)6-2/h7-8,10,14,18H,5-6,9H2,1-4H3. The van der Waals surface area contributed by atoms with Crippen LogP contribution in [0.15, 0.2) is 18.5 Å². The summed E-state index contributed by atoms with van der Waals surface area (Å²) in [4.78, 5) is 4.22. The lowest BCUT2D eigenvalue weighted by Gasteiger charge is -2.20. The molecule has 0 fully saturated rings. The van der Waals surface area contributed by atoms with Crippen molar-refractivity contribution >= 4 is 11.6 Å². The number of aromatic nitrogens is 3. The Kier molecular flexibility index (Phi) is 5.37. The van der Waals surface area contributed by atoms with E-state index in [0.29, 0.717) is 0 Å². The van der Waals surface area contributed by atoms with Crippen LogP contribution in [0.4, 0.5) is 0 Å². The highest BCUT2D eigenvalue weighted by molar-refractivity contribution is 6.31. The van der Waals surface area contributed by atoms with Gasteiger partial charge >= 0.3 is 0 Å². The fourth-order valence-corrected chi connectivity index (χ4v) is 2.91. The van der Waals surface area contributed by atoms with Gasteiger partial charge in [-0.25, -0.2) is 0 Å². The van der Waals surface area contributed by atoms with E-state index < -0.39 is 0 Å². The van der Waals surface area contributed by atoms with Crippen molar-refractivity contribution in [2.75, 3.05) is 7.05 Å². The molecule has 0 saturated carbocycles. The van der Waals surface area contributed by atoms with Crippen LogP contribution in [0.5, 0.6) is 0 Å². The third-order valence-electron chi connectivity index (χ3n) is 3.90. The monoisotopic (exact) mass is 306 g/mol.